The van der Waals surface area contributed by atoms with E-state index in [-0.39, 0.29) is 11.8 Å². The summed E-state index contributed by atoms with van der Waals surface area (Å²) in [4.78, 5) is 25.2. The molecule has 2 amide bonds. The molecule has 0 bridgehead atoms. The van der Waals surface area contributed by atoms with Gasteiger partial charge in [0.25, 0.3) is 0 Å². The van der Waals surface area contributed by atoms with Crippen molar-refractivity contribution in [1.82, 2.24) is 10.2 Å². The number of hydrogen-bond donors (Lipinski definition) is 2. The lowest BCUT2D eigenvalue weighted by molar-refractivity contribution is -0.132. The number of carbonyl (C=O) groups excluding carboxylic acids is 2. The van der Waals surface area contributed by atoms with Crippen LogP contribution in [0.15, 0.2) is 24.3 Å². The van der Waals surface area contributed by atoms with E-state index in [1.54, 1.807) is 6.92 Å². The number of amides is 2. The van der Waals surface area contributed by atoms with Crippen molar-refractivity contribution in [2.45, 2.75) is 38.9 Å². The van der Waals surface area contributed by atoms with Crippen LogP contribution in [0.1, 0.15) is 30.9 Å². The minimum absolute atomic E-state index is 0.135. The van der Waals surface area contributed by atoms with E-state index in [9.17, 15) is 9.59 Å². The summed E-state index contributed by atoms with van der Waals surface area (Å²) in [6.45, 7) is 3.53. The molecule has 2 rings (SSSR count). The van der Waals surface area contributed by atoms with Gasteiger partial charge < -0.3 is 16.0 Å². The van der Waals surface area contributed by atoms with Crippen molar-refractivity contribution in [2.75, 3.05) is 6.54 Å². The van der Waals surface area contributed by atoms with Gasteiger partial charge in [-0.15, -0.1) is 0 Å². The van der Waals surface area contributed by atoms with Crippen LogP contribution in [0.5, 0.6) is 0 Å². The fourth-order valence-electron chi connectivity index (χ4n) is 2.28. The Morgan fingerprint density at radius 3 is 2.45 bits per heavy atom. The van der Waals surface area contributed by atoms with Crippen LogP contribution >= 0.6 is 0 Å². The molecular weight excluding hydrogens is 254 g/mol. The minimum Gasteiger partial charge on any atom is -0.355 e. The standard InChI is InChI=1S/C15H21N3O2/c1-11(16)15(20)17-8-4-7-14(19)18-9-12-5-2-3-6-13(12)10-18/h2-3,5-6,11H,4,7-10,16H2,1H3,(H,17,20)/t11-/m0/s1. The molecule has 0 unspecified atom stereocenters. The zero-order chi connectivity index (χ0) is 14.5. The molecule has 0 saturated heterocycles. The summed E-state index contributed by atoms with van der Waals surface area (Å²) in [5, 5.41) is 2.71. The summed E-state index contributed by atoms with van der Waals surface area (Å²) >= 11 is 0. The molecule has 1 aliphatic heterocycles. The maximum Gasteiger partial charge on any atom is 0.236 e. The van der Waals surface area contributed by atoms with Gasteiger partial charge in [-0.05, 0) is 24.5 Å². The van der Waals surface area contributed by atoms with Gasteiger partial charge in [0, 0.05) is 26.1 Å². The number of benzene rings is 1. The number of nitrogens with one attached hydrogen (secondary N) is 1. The highest BCUT2D eigenvalue weighted by atomic mass is 16.2. The van der Waals surface area contributed by atoms with Crippen molar-refractivity contribution in [3.8, 4) is 0 Å². The van der Waals surface area contributed by atoms with Gasteiger partial charge in [-0.2, -0.15) is 0 Å². The predicted octanol–water partition coefficient (Wildman–Crippen LogP) is 0.772. The SMILES string of the molecule is C[C@H](N)C(=O)NCCCC(=O)N1Cc2ccccc2C1. The van der Waals surface area contributed by atoms with Crippen LogP contribution in [0.25, 0.3) is 0 Å². The van der Waals surface area contributed by atoms with Gasteiger partial charge in [-0.1, -0.05) is 24.3 Å². The molecule has 0 spiro atoms. The van der Waals surface area contributed by atoms with Gasteiger partial charge in [0.15, 0.2) is 0 Å². The highest BCUT2D eigenvalue weighted by Crippen LogP contribution is 2.22. The van der Waals surface area contributed by atoms with Gasteiger partial charge >= 0.3 is 0 Å². The maximum absolute atomic E-state index is 12.1. The van der Waals surface area contributed by atoms with E-state index in [0.717, 1.165) is 0 Å². The third-order valence-electron chi connectivity index (χ3n) is 3.47. The lowest BCUT2D eigenvalue weighted by Gasteiger charge is -2.15. The fourth-order valence-corrected chi connectivity index (χ4v) is 2.28. The van der Waals surface area contributed by atoms with E-state index >= 15 is 0 Å². The largest absolute Gasteiger partial charge is 0.355 e. The molecule has 0 radical (unpaired) electrons. The number of rotatable bonds is 5. The smallest absolute Gasteiger partial charge is 0.236 e. The first kappa shape index (κ1) is 14.5. The normalized spacial score (nSPS) is 14.8. The average Bonchev–Trinajstić information content (AvgIpc) is 2.86. The second-order valence-corrected chi connectivity index (χ2v) is 5.20. The average molecular weight is 275 g/mol. The molecule has 1 aromatic carbocycles. The molecule has 1 aromatic rings. The molecule has 5 heteroatoms. The summed E-state index contributed by atoms with van der Waals surface area (Å²) in [6.07, 6.45) is 1.09. The molecule has 3 N–H and O–H groups in total. The minimum atomic E-state index is -0.501. The Bertz CT molecular complexity index is 475. The zero-order valence-electron chi connectivity index (χ0n) is 11.8. The summed E-state index contributed by atoms with van der Waals surface area (Å²) in [5.74, 6) is -0.0396. The van der Waals surface area contributed by atoms with E-state index in [0.29, 0.717) is 32.5 Å². The first-order chi connectivity index (χ1) is 9.58. The molecule has 0 fully saturated rings. The van der Waals surface area contributed by atoms with Gasteiger partial charge in [-0.25, -0.2) is 0 Å². The van der Waals surface area contributed by atoms with E-state index in [1.807, 2.05) is 17.0 Å². The Morgan fingerprint density at radius 1 is 1.30 bits per heavy atom. The van der Waals surface area contributed by atoms with E-state index in [2.05, 4.69) is 17.4 Å². The first-order valence-electron chi connectivity index (χ1n) is 6.96. The lowest BCUT2D eigenvalue weighted by atomic mass is 10.1. The molecule has 108 valence electrons. The topological polar surface area (TPSA) is 75.4 Å². The summed E-state index contributed by atoms with van der Waals surface area (Å²) in [6, 6.07) is 7.61. The highest BCUT2D eigenvalue weighted by Gasteiger charge is 2.22. The van der Waals surface area contributed by atoms with Crippen LogP contribution in [0.4, 0.5) is 0 Å². The third-order valence-corrected chi connectivity index (χ3v) is 3.47. The van der Waals surface area contributed by atoms with Crippen molar-refractivity contribution < 1.29 is 9.59 Å². The second-order valence-electron chi connectivity index (χ2n) is 5.20. The Morgan fingerprint density at radius 2 is 1.90 bits per heavy atom. The van der Waals surface area contributed by atoms with Crippen LogP contribution in [-0.2, 0) is 22.7 Å². The van der Waals surface area contributed by atoms with Crippen molar-refractivity contribution >= 4 is 11.8 Å². The van der Waals surface area contributed by atoms with Crippen LogP contribution in [0, 0.1) is 0 Å². The quantitative estimate of drug-likeness (QED) is 0.779. The number of nitrogens with zero attached hydrogens (tertiary/aromatic N) is 1. The molecule has 5 nitrogen and oxygen atoms in total. The molecule has 20 heavy (non-hydrogen) atoms. The Labute approximate surface area is 119 Å². The van der Waals surface area contributed by atoms with Gasteiger partial charge in [0.1, 0.15) is 0 Å². The van der Waals surface area contributed by atoms with Crippen molar-refractivity contribution in [3.63, 3.8) is 0 Å². The molecule has 0 aromatic heterocycles. The highest BCUT2D eigenvalue weighted by molar-refractivity contribution is 5.81. The van der Waals surface area contributed by atoms with E-state index in [4.69, 9.17) is 5.73 Å². The third kappa shape index (κ3) is 3.57. The molecular formula is C15H21N3O2. The zero-order valence-corrected chi connectivity index (χ0v) is 11.8. The number of carbonyl (C=O) groups is 2. The molecule has 0 aliphatic carbocycles. The summed E-state index contributed by atoms with van der Waals surface area (Å²) in [7, 11) is 0. The van der Waals surface area contributed by atoms with Crippen LogP contribution in [-0.4, -0.2) is 29.3 Å². The predicted molar refractivity (Wildman–Crippen MR) is 76.6 cm³/mol. The number of nitrogens with two attached hydrogens (primary N) is 1. The van der Waals surface area contributed by atoms with Crippen LogP contribution in [0.3, 0.4) is 0 Å². The Hall–Kier alpha value is -1.88. The van der Waals surface area contributed by atoms with Gasteiger partial charge in [0.2, 0.25) is 11.8 Å². The van der Waals surface area contributed by atoms with Crippen molar-refractivity contribution in [1.29, 1.82) is 0 Å². The summed E-state index contributed by atoms with van der Waals surface area (Å²) < 4.78 is 0. The van der Waals surface area contributed by atoms with E-state index < -0.39 is 6.04 Å². The number of fused-ring (bicyclic) bond motifs is 1. The fraction of sp³-hybridized carbons (Fsp3) is 0.467. The summed E-state index contributed by atoms with van der Waals surface area (Å²) in [5.41, 5.74) is 7.89. The van der Waals surface area contributed by atoms with Crippen LogP contribution < -0.4 is 11.1 Å². The van der Waals surface area contributed by atoms with Crippen LogP contribution in [0.2, 0.25) is 0 Å². The Kier molecular flexibility index (Phi) is 4.74. The van der Waals surface area contributed by atoms with Gasteiger partial charge in [-0.3, -0.25) is 9.59 Å². The first-order valence-corrected chi connectivity index (χ1v) is 6.96. The van der Waals surface area contributed by atoms with Crippen molar-refractivity contribution in [2.24, 2.45) is 5.73 Å². The Balaban J connectivity index is 1.71. The molecule has 1 atom stereocenters. The maximum atomic E-state index is 12.1. The molecule has 1 heterocycles. The monoisotopic (exact) mass is 275 g/mol. The lowest BCUT2D eigenvalue weighted by Crippen LogP contribution is -2.39. The second kappa shape index (κ2) is 6.52. The van der Waals surface area contributed by atoms with Gasteiger partial charge in [0.05, 0.1) is 6.04 Å². The molecule has 0 saturated carbocycles. The molecule has 1 aliphatic rings. The van der Waals surface area contributed by atoms with Crippen molar-refractivity contribution in [3.05, 3.63) is 35.4 Å². The number of hydrogen-bond acceptors (Lipinski definition) is 3. The van der Waals surface area contributed by atoms with E-state index in [1.165, 1.54) is 11.1 Å².